The zero-order valence-corrected chi connectivity index (χ0v) is 13.3. The van der Waals surface area contributed by atoms with Gasteiger partial charge in [0.1, 0.15) is 5.75 Å². The van der Waals surface area contributed by atoms with E-state index in [9.17, 15) is 23.4 Å². The van der Waals surface area contributed by atoms with E-state index < -0.39 is 23.6 Å². The van der Waals surface area contributed by atoms with Crippen LogP contribution in [-0.2, 0) is 12.6 Å². The zero-order chi connectivity index (χ0) is 18.5. The Morgan fingerprint density at radius 2 is 1.96 bits per heavy atom. The summed E-state index contributed by atoms with van der Waals surface area (Å²) in [6.45, 7) is 0. The lowest BCUT2D eigenvalue weighted by Gasteiger charge is -2.09. The van der Waals surface area contributed by atoms with Gasteiger partial charge < -0.3 is 14.7 Å². The summed E-state index contributed by atoms with van der Waals surface area (Å²) in [5.41, 5.74) is 1.29. The molecule has 26 heavy (non-hydrogen) atoms. The van der Waals surface area contributed by atoms with Crippen molar-refractivity contribution in [1.29, 1.82) is 0 Å². The van der Waals surface area contributed by atoms with Gasteiger partial charge in [0.15, 0.2) is 0 Å². The van der Waals surface area contributed by atoms with Crippen LogP contribution in [0.2, 0.25) is 0 Å². The highest BCUT2D eigenvalue weighted by molar-refractivity contribution is 5.66. The van der Waals surface area contributed by atoms with Crippen LogP contribution in [0.15, 0.2) is 40.9 Å². The van der Waals surface area contributed by atoms with Crippen molar-refractivity contribution in [2.24, 2.45) is 0 Å². The Morgan fingerprint density at radius 1 is 1.15 bits per heavy atom. The van der Waals surface area contributed by atoms with Gasteiger partial charge in [-0.2, -0.15) is 18.2 Å². The molecule has 1 aromatic heterocycles. The zero-order valence-electron chi connectivity index (χ0n) is 13.3. The topological polar surface area (TPSA) is 79.4 Å². The van der Waals surface area contributed by atoms with Crippen LogP contribution in [-0.4, -0.2) is 20.4 Å². The number of alkyl halides is 3. The normalized spacial score (nSPS) is 16.7. The third-order valence-electron chi connectivity index (χ3n) is 4.45. The van der Waals surface area contributed by atoms with Crippen molar-refractivity contribution in [1.82, 2.24) is 10.1 Å². The molecule has 0 radical (unpaired) electrons. The first-order chi connectivity index (χ1) is 12.3. The van der Waals surface area contributed by atoms with Gasteiger partial charge in [0.2, 0.25) is 5.82 Å². The molecule has 2 aromatic carbocycles. The average Bonchev–Trinajstić information content (AvgIpc) is 3.22. The minimum atomic E-state index is -4.70. The molecule has 0 saturated carbocycles. The van der Waals surface area contributed by atoms with Crippen molar-refractivity contribution in [3.63, 3.8) is 0 Å². The molecule has 0 amide bonds. The number of rotatable bonds is 2. The fourth-order valence-corrected chi connectivity index (χ4v) is 3.19. The summed E-state index contributed by atoms with van der Waals surface area (Å²) in [6, 6.07) is 8.36. The van der Waals surface area contributed by atoms with Gasteiger partial charge in [0, 0.05) is 11.1 Å². The number of aliphatic hydroxyl groups is 1. The first-order valence-electron chi connectivity index (χ1n) is 7.89. The largest absolute Gasteiger partial charge is 0.507 e. The Kier molecular flexibility index (Phi) is 3.73. The number of phenolic OH excluding ortho intramolecular Hbond substituents is 1. The molecule has 0 fully saturated rings. The SMILES string of the molecule is Oc1ccc(-c2nc(-c3cccc4c3CCC4O)no2)cc1C(F)(F)F. The number of benzene rings is 2. The summed E-state index contributed by atoms with van der Waals surface area (Å²) in [7, 11) is 0. The van der Waals surface area contributed by atoms with E-state index in [4.69, 9.17) is 4.52 Å². The van der Waals surface area contributed by atoms with Crippen molar-refractivity contribution in [2.45, 2.75) is 25.1 Å². The van der Waals surface area contributed by atoms with Gasteiger partial charge in [0.25, 0.3) is 5.89 Å². The van der Waals surface area contributed by atoms with Crippen LogP contribution in [0.3, 0.4) is 0 Å². The van der Waals surface area contributed by atoms with Crippen molar-refractivity contribution >= 4 is 0 Å². The van der Waals surface area contributed by atoms with E-state index in [1.807, 2.05) is 6.07 Å². The lowest BCUT2D eigenvalue weighted by atomic mass is 10.0. The van der Waals surface area contributed by atoms with E-state index in [1.54, 1.807) is 12.1 Å². The number of aromatic hydroxyl groups is 1. The van der Waals surface area contributed by atoms with Crippen LogP contribution < -0.4 is 0 Å². The Labute approximate surface area is 145 Å². The molecule has 0 spiro atoms. The van der Waals surface area contributed by atoms with Crippen molar-refractivity contribution in [2.75, 3.05) is 0 Å². The molecule has 1 aliphatic rings. The molecule has 8 heteroatoms. The second kappa shape index (κ2) is 5.84. The molecule has 5 nitrogen and oxygen atoms in total. The molecule has 1 unspecified atom stereocenters. The molecule has 4 rings (SSSR count). The number of aromatic nitrogens is 2. The highest BCUT2D eigenvalue weighted by Crippen LogP contribution is 2.39. The van der Waals surface area contributed by atoms with E-state index in [0.29, 0.717) is 18.4 Å². The lowest BCUT2D eigenvalue weighted by molar-refractivity contribution is -0.138. The van der Waals surface area contributed by atoms with Crippen LogP contribution in [0.4, 0.5) is 13.2 Å². The predicted octanol–water partition coefficient (Wildman–Crippen LogP) is 4.11. The molecular weight excluding hydrogens is 349 g/mol. The molecule has 1 atom stereocenters. The van der Waals surface area contributed by atoms with Crippen molar-refractivity contribution in [3.05, 3.63) is 53.1 Å². The molecule has 0 saturated heterocycles. The predicted molar refractivity (Wildman–Crippen MR) is 85.1 cm³/mol. The van der Waals surface area contributed by atoms with Crippen LogP contribution >= 0.6 is 0 Å². The first kappa shape index (κ1) is 16.6. The summed E-state index contributed by atoms with van der Waals surface area (Å²) in [4.78, 5) is 4.20. The smallest absolute Gasteiger partial charge is 0.419 e. The van der Waals surface area contributed by atoms with Gasteiger partial charge in [-0.05, 0) is 42.2 Å². The lowest BCUT2D eigenvalue weighted by Crippen LogP contribution is -2.05. The quantitative estimate of drug-likeness (QED) is 0.717. The van der Waals surface area contributed by atoms with Crippen LogP contribution in [0.1, 0.15) is 29.2 Å². The summed E-state index contributed by atoms with van der Waals surface area (Å²) in [5, 5.41) is 23.3. The maximum Gasteiger partial charge on any atom is 0.419 e. The summed E-state index contributed by atoms with van der Waals surface area (Å²) >= 11 is 0. The van der Waals surface area contributed by atoms with Crippen LogP contribution in [0.25, 0.3) is 22.8 Å². The standard InChI is InChI=1S/C18H13F3N2O3/c19-18(20,21)13-8-9(4-6-15(13)25)17-22-16(23-26-17)12-3-1-2-11-10(12)5-7-14(11)24/h1-4,6,8,14,24-25H,5,7H2. The van der Waals surface area contributed by atoms with Gasteiger partial charge in [-0.3, -0.25) is 0 Å². The molecular formula is C18H13F3N2O3. The highest BCUT2D eigenvalue weighted by Gasteiger charge is 2.34. The summed E-state index contributed by atoms with van der Waals surface area (Å²) < 4.78 is 44.0. The van der Waals surface area contributed by atoms with E-state index >= 15 is 0 Å². The average molecular weight is 362 g/mol. The second-order valence-electron chi connectivity index (χ2n) is 6.08. The van der Waals surface area contributed by atoms with Crippen molar-refractivity contribution < 1.29 is 27.9 Å². The minimum Gasteiger partial charge on any atom is -0.507 e. The number of phenols is 1. The van der Waals surface area contributed by atoms with Gasteiger partial charge in [0.05, 0.1) is 11.7 Å². The molecule has 1 aliphatic carbocycles. The minimum absolute atomic E-state index is 0.0569. The van der Waals surface area contributed by atoms with Gasteiger partial charge in [-0.15, -0.1) is 0 Å². The molecule has 0 bridgehead atoms. The third-order valence-corrected chi connectivity index (χ3v) is 4.45. The van der Waals surface area contributed by atoms with E-state index in [1.165, 1.54) is 6.07 Å². The highest BCUT2D eigenvalue weighted by atomic mass is 19.4. The Balaban J connectivity index is 1.75. The Bertz CT molecular complexity index is 982. The third kappa shape index (κ3) is 2.72. The molecule has 1 heterocycles. The fourth-order valence-electron chi connectivity index (χ4n) is 3.19. The summed E-state index contributed by atoms with van der Waals surface area (Å²) in [5.74, 6) is -0.704. The maximum absolute atomic E-state index is 13.0. The van der Waals surface area contributed by atoms with Crippen LogP contribution in [0, 0.1) is 0 Å². The van der Waals surface area contributed by atoms with E-state index in [-0.39, 0.29) is 17.3 Å². The number of nitrogens with zero attached hydrogens (tertiary/aromatic N) is 2. The van der Waals surface area contributed by atoms with Gasteiger partial charge >= 0.3 is 6.18 Å². The first-order valence-corrected chi connectivity index (χ1v) is 7.89. The maximum atomic E-state index is 13.0. The molecule has 0 aliphatic heterocycles. The van der Waals surface area contributed by atoms with E-state index in [2.05, 4.69) is 10.1 Å². The van der Waals surface area contributed by atoms with E-state index in [0.717, 1.165) is 23.3 Å². The van der Waals surface area contributed by atoms with Gasteiger partial charge in [-0.25, -0.2) is 0 Å². The number of fused-ring (bicyclic) bond motifs is 1. The van der Waals surface area contributed by atoms with Gasteiger partial charge in [-0.1, -0.05) is 23.4 Å². The molecule has 2 N–H and O–H groups in total. The number of halogens is 3. The summed E-state index contributed by atoms with van der Waals surface area (Å²) in [6.07, 6.45) is -3.97. The number of aliphatic hydroxyl groups excluding tert-OH is 1. The van der Waals surface area contributed by atoms with Crippen molar-refractivity contribution in [3.8, 4) is 28.6 Å². The molecule has 3 aromatic rings. The monoisotopic (exact) mass is 362 g/mol. The fraction of sp³-hybridized carbons (Fsp3) is 0.222. The second-order valence-corrected chi connectivity index (χ2v) is 6.08. The Hall–Kier alpha value is -2.87. The number of hydrogen-bond acceptors (Lipinski definition) is 5. The number of hydrogen-bond donors (Lipinski definition) is 2. The molecule has 134 valence electrons. The Morgan fingerprint density at radius 3 is 2.73 bits per heavy atom. The van der Waals surface area contributed by atoms with Crippen LogP contribution in [0.5, 0.6) is 5.75 Å².